The highest BCUT2D eigenvalue weighted by molar-refractivity contribution is 5.97. The third-order valence-corrected chi connectivity index (χ3v) is 6.97. The van der Waals surface area contributed by atoms with Crippen molar-refractivity contribution >= 4 is 28.5 Å². The molecule has 0 aliphatic rings. The number of hydrogen-bond acceptors (Lipinski definition) is 3. The molecule has 202 valence electrons. The summed E-state index contributed by atoms with van der Waals surface area (Å²) in [5.74, 6) is -0.279. The standard InChI is InChI=1S/C33H37N3O3/c1-23-12-11-16-26(22-23)32(38)36-30(19-8-3-5-13-24(2)37)33(39)34-21-20-28-27-17-9-10-18-29(27)35-31(28)25-14-6-4-7-15-25/h4,6-7,9-12,14-18,22,30,35H,3,5,8,13,19-21H2,1-2H3,(H,34,39)(H,36,38)/t30-/m0/s1. The fourth-order valence-corrected chi connectivity index (χ4v) is 4.94. The summed E-state index contributed by atoms with van der Waals surface area (Å²) in [6.07, 6.45) is 4.08. The molecule has 6 heteroatoms. The summed E-state index contributed by atoms with van der Waals surface area (Å²) in [5, 5.41) is 7.16. The molecule has 0 aliphatic heterocycles. The lowest BCUT2D eigenvalue weighted by Crippen LogP contribution is -2.47. The molecule has 39 heavy (non-hydrogen) atoms. The van der Waals surface area contributed by atoms with Gasteiger partial charge in [0.1, 0.15) is 11.8 Å². The Labute approximate surface area is 230 Å². The lowest BCUT2D eigenvalue weighted by Gasteiger charge is -2.19. The van der Waals surface area contributed by atoms with E-state index in [2.05, 4.69) is 39.9 Å². The fourth-order valence-electron chi connectivity index (χ4n) is 4.94. The quantitative estimate of drug-likeness (QED) is 0.184. The van der Waals surface area contributed by atoms with E-state index >= 15 is 0 Å². The molecule has 4 aromatic rings. The van der Waals surface area contributed by atoms with E-state index in [1.165, 1.54) is 0 Å². The number of aryl methyl sites for hydroxylation is 1. The van der Waals surface area contributed by atoms with Crippen molar-refractivity contribution in [3.63, 3.8) is 0 Å². The Kier molecular flexibility index (Phi) is 9.68. The van der Waals surface area contributed by atoms with E-state index in [9.17, 15) is 14.4 Å². The molecule has 0 aliphatic carbocycles. The molecule has 1 atom stereocenters. The Bertz CT molecular complexity index is 1420. The third kappa shape index (κ3) is 7.66. The van der Waals surface area contributed by atoms with Crippen LogP contribution in [0.2, 0.25) is 0 Å². The maximum absolute atomic E-state index is 13.3. The number of unbranched alkanes of at least 4 members (excludes halogenated alkanes) is 2. The summed E-state index contributed by atoms with van der Waals surface area (Å²) in [5.41, 5.74) is 5.90. The molecule has 2 amide bonds. The minimum atomic E-state index is -0.646. The van der Waals surface area contributed by atoms with Crippen molar-refractivity contribution in [1.29, 1.82) is 0 Å². The van der Waals surface area contributed by atoms with Gasteiger partial charge in [0.2, 0.25) is 5.91 Å². The normalized spacial score (nSPS) is 11.7. The van der Waals surface area contributed by atoms with E-state index in [1.54, 1.807) is 13.0 Å². The minimum absolute atomic E-state index is 0.171. The largest absolute Gasteiger partial charge is 0.354 e. The van der Waals surface area contributed by atoms with Gasteiger partial charge in [-0.1, -0.05) is 79.1 Å². The molecule has 3 N–H and O–H groups in total. The van der Waals surface area contributed by atoms with E-state index < -0.39 is 6.04 Å². The number of rotatable bonds is 13. The zero-order valence-electron chi connectivity index (χ0n) is 22.8. The van der Waals surface area contributed by atoms with E-state index in [4.69, 9.17) is 0 Å². The van der Waals surface area contributed by atoms with Crippen molar-refractivity contribution in [2.24, 2.45) is 0 Å². The lowest BCUT2D eigenvalue weighted by molar-refractivity contribution is -0.123. The second-order valence-electron chi connectivity index (χ2n) is 10.1. The van der Waals surface area contributed by atoms with Crippen LogP contribution in [0, 0.1) is 6.92 Å². The number of benzene rings is 3. The molecule has 0 bridgehead atoms. The molecular weight excluding hydrogens is 486 g/mol. The molecule has 0 saturated heterocycles. The highest BCUT2D eigenvalue weighted by Gasteiger charge is 2.22. The van der Waals surface area contributed by atoms with Crippen molar-refractivity contribution in [2.45, 2.75) is 58.4 Å². The van der Waals surface area contributed by atoms with Gasteiger partial charge in [0.25, 0.3) is 5.91 Å². The molecule has 0 fully saturated rings. The van der Waals surface area contributed by atoms with Crippen LogP contribution in [0.4, 0.5) is 0 Å². The number of carbonyl (C=O) groups excluding carboxylic acids is 3. The second-order valence-corrected chi connectivity index (χ2v) is 10.1. The maximum atomic E-state index is 13.3. The van der Waals surface area contributed by atoms with E-state index in [1.807, 2.05) is 55.5 Å². The van der Waals surface area contributed by atoms with E-state index in [-0.39, 0.29) is 17.6 Å². The van der Waals surface area contributed by atoms with Gasteiger partial charge in [-0.05, 0) is 62.4 Å². The first-order chi connectivity index (χ1) is 18.9. The Morgan fingerprint density at radius 1 is 0.872 bits per heavy atom. The highest BCUT2D eigenvalue weighted by Crippen LogP contribution is 2.30. The van der Waals surface area contributed by atoms with E-state index in [0.29, 0.717) is 31.4 Å². The topological polar surface area (TPSA) is 91.1 Å². The first-order valence-electron chi connectivity index (χ1n) is 13.7. The number of hydrogen-bond donors (Lipinski definition) is 3. The van der Waals surface area contributed by atoms with Crippen LogP contribution in [0.3, 0.4) is 0 Å². The van der Waals surface area contributed by atoms with Crippen molar-refractivity contribution in [2.75, 3.05) is 6.54 Å². The number of fused-ring (bicyclic) bond motifs is 1. The average molecular weight is 524 g/mol. The summed E-state index contributed by atoms with van der Waals surface area (Å²) >= 11 is 0. The Morgan fingerprint density at radius 3 is 2.41 bits per heavy atom. The summed E-state index contributed by atoms with van der Waals surface area (Å²) in [6.45, 7) is 3.97. The van der Waals surface area contributed by atoms with Crippen LogP contribution < -0.4 is 10.6 Å². The van der Waals surface area contributed by atoms with Gasteiger partial charge in [-0.3, -0.25) is 9.59 Å². The zero-order valence-corrected chi connectivity index (χ0v) is 22.8. The summed E-state index contributed by atoms with van der Waals surface area (Å²) < 4.78 is 0. The SMILES string of the molecule is CC(=O)CCCCC[C@H](NC(=O)c1cccc(C)c1)C(=O)NCCc1c(-c2ccccc2)[nH]c2ccccc12. The minimum Gasteiger partial charge on any atom is -0.354 e. The first-order valence-corrected chi connectivity index (χ1v) is 13.7. The highest BCUT2D eigenvalue weighted by atomic mass is 16.2. The number of Topliss-reactive ketones (excluding diaryl/α,β-unsaturated/α-hetero) is 1. The number of amides is 2. The lowest BCUT2D eigenvalue weighted by atomic mass is 10.0. The monoisotopic (exact) mass is 523 g/mol. The molecule has 0 spiro atoms. The third-order valence-electron chi connectivity index (χ3n) is 6.97. The van der Waals surface area contributed by atoms with Crippen molar-refractivity contribution in [1.82, 2.24) is 15.6 Å². The number of nitrogens with one attached hydrogen (secondary N) is 3. The second kappa shape index (κ2) is 13.6. The Morgan fingerprint density at radius 2 is 1.64 bits per heavy atom. The van der Waals surface area contributed by atoms with Gasteiger partial charge < -0.3 is 20.4 Å². The summed E-state index contributed by atoms with van der Waals surface area (Å²) in [7, 11) is 0. The maximum Gasteiger partial charge on any atom is 0.251 e. The average Bonchev–Trinajstić information content (AvgIpc) is 3.31. The molecule has 6 nitrogen and oxygen atoms in total. The fraction of sp³-hybridized carbons (Fsp3) is 0.303. The van der Waals surface area contributed by atoms with Crippen LogP contribution in [0.15, 0.2) is 78.9 Å². The predicted molar refractivity (Wildman–Crippen MR) is 157 cm³/mol. The van der Waals surface area contributed by atoms with E-state index in [0.717, 1.165) is 52.5 Å². The van der Waals surface area contributed by atoms with Gasteiger partial charge in [0.15, 0.2) is 0 Å². The summed E-state index contributed by atoms with van der Waals surface area (Å²) in [4.78, 5) is 41.1. The first kappa shape index (κ1) is 27.8. The molecule has 0 radical (unpaired) electrons. The molecule has 0 saturated carbocycles. The van der Waals surface area contributed by atoms with Crippen LogP contribution in [0.25, 0.3) is 22.2 Å². The smallest absolute Gasteiger partial charge is 0.251 e. The number of aromatic nitrogens is 1. The van der Waals surface area contributed by atoms with Crippen molar-refractivity contribution in [3.05, 3.63) is 95.6 Å². The predicted octanol–water partition coefficient (Wildman–Crippen LogP) is 6.14. The Balaban J connectivity index is 1.44. The number of ketones is 1. The molecule has 1 aromatic heterocycles. The zero-order chi connectivity index (χ0) is 27.6. The van der Waals surface area contributed by atoms with Crippen LogP contribution in [-0.4, -0.2) is 35.2 Å². The van der Waals surface area contributed by atoms with Crippen LogP contribution in [-0.2, 0) is 16.0 Å². The number of aromatic amines is 1. The Hall–Kier alpha value is -4.19. The van der Waals surface area contributed by atoms with Gasteiger partial charge in [-0.25, -0.2) is 0 Å². The number of para-hydroxylation sites is 1. The van der Waals surface area contributed by atoms with Crippen molar-refractivity contribution < 1.29 is 14.4 Å². The number of carbonyl (C=O) groups is 3. The van der Waals surface area contributed by atoms with Gasteiger partial charge in [0.05, 0.1) is 0 Å². The van der Waals surface area contributed by atoms with Crippen LogP contribution in [0.1, 0.15) is 60.5 Å². The number of H-pyrrole nitrogens is 1. The summed E-state index contributed by atoms with van der Waals surface area (Å²) in [6, 6.07) is 25.1. The van der Waals surface area contributed by atoms with Gasteiger partial charge >= 0.3 is 0 Å². The molecule has 0 unspecified atom stereocenters. The molecular formula is C33H37N3O3. The van der Waals surface area contributed by atoms with Crippen LogP contribution >= 0.6 is 0 Å². The van der Waals surface area contributed by atoms with Crippen molar-refractivity contribution in [3.8, 4) is 11.3 Å². The van der Waals surface area contributed by atoms with Gasteiger partial charge in [-0.15, -0.1) is 0 Å². The van der Waals surface area contributed by atoms with Crippen LogP contribution in [0.5, 0.6) is 0 Å². The molecule has 4 rings (SSSR count). The van der Waals surface area contributed by atoms with Gasteiger partial charge in [0, 0.05) is 35.1 Å². The molecule has 1 heterocycles. The van der Waals surface area contributed by atoms with Gasteiger partial charge in [-0.2, -0.15) is 0 Å². The molecule has 3 aromatic carbocycles.